The molecule has 0 unspecified atom stereocenters. The summed E-state index contributed by atoms with van der Waals surface area (Å²) in [6, 6.07) is 28.2. The van der Waals surface area contributed by atoms with Gasteiger partial charge in [-0.1, -0.05) is 36.4 Å². The Morgan fingerprint density at radius 3 is 1.68 bits per heavy atom. The van der Waals surface area contributed by atoms with Gasteiger partial charge in [0.15, 0.2) is 0 Å². The third-order valence-corrected chi connectivity index (χ3v) is 8.46. The van der Waals surface area contributed by atoms with Crippen molar-refractivity contribution >= 4 is 29.3 Å². The second-order valence-corrected chi connectivity index (χ2v) is 12.8. The maximum Gasteiger partial charge on any atom is 0.255 e. The Balaban J connectivity index is 0.000000225. The van der Waals surface area contributed by atoms with E-state index < -0.39 is 0 Å². The van der Waals surface area contributed by atoms with Crippen molar-refractivity contribution in [3.8, 4) is 6.07 Å². The molecule has 0 aliphatic heterocycles. The van der Waals surface area contributed by atoms with E-state index in [-0.39, 0.29) is 35.0 Å². The molecule has 0 saturated heterocycles. The molecule has 0 saturated carbocycles. The quantitative estimate of drug-likeness (QED) is 0.0525. The number of hydrogen-bond acceptors (Lipinski definition) is 11. The fourth-order valence-corrected chi connectivity index (χ4v) is 5.56. The average Bonchev–Trinajstić information content (AvgIpc) is 3.26. The van der Waals surface area contributed by atoms with E-state index in [1.54, 1.807) is 74.2 Å². The third kappa shape index (κ3) is 13.5. The number of carbonyl (C=O) groups is 2. The van der Waals surface area contributed by atoms with Crippen LogP contribution < -0.4 is 21.3 Å². The van der Waals surface area contributed by atoms with Crippen molar-refractivity contribution in [2.45, 2.75) is 32.9 Å². The first-order chi connectivity index (χ1) is 28.7. The summed E-state index contributed by atoms with van der Waals surface area (Å²) < 4.78 is 31.9. The minimum absolute atomic E-state index is 0.0713. The number of anilines is 2. The van der Waals surface area contributed by atoms with E-state index in [9.17, 15) is 18.4 Å². The number of ether oxygens (including phenoxy) is 1. The Labute approximate surface area is 340 Å². The highest BCUT2D eigenvalue weighted by molar-refractivity contribution is 6.00. The first-order valence-electron chi connectivity index (χ1n) is 18.7. The summed E-state index contributed by atoms with van der Waals surface area (Å²) in [5, 5.41) is 28.9. The van der Waals surface area contributed by atoms with Crippen LogP contribution in [-0.4, -0.2) is 57.3 Å². The van der Waals surface area contributed by atoms with Crippen LogP contribution in [0.15, 0.2) is 122 Å². The lowest BCUT2D eigenvalue weighted by Crippen LogP contribution is -2.25. The molecule has 59 heavy (non-hydrogen) atoms. The van der Waals surface area contributed by atoms with Crippen molar-refractivity contribution in [1.29, 1.82) is 10.7 Å². The molecular formula is C44H42F2N10O3. The highest BCUT2D eigenvalue weighted by Gasteiger charge is 2.17. The highest BCUT2D eigenvalue weighted by Crippen LogP contribution is 2.17. The fourth-order valence-electron chi connectivity index (χ4n) is 5.56. The maximum atomic E-state index is 13.4. The highest BCUT2D eigenvalue weighted by atomic mass is 19.1. The Morgan fingerprint density at radius 2 is 1.20 bits per heavy atom. The third-order valence-electron chi connectivity index (χ3n) is 8.46. The zero-order valence-electron chi connectivity index (χ0n) is 32.2. The van der Waals surface area contributed by atoms with Crippen molar-refractivity contribution < 1.29 is 23.1 Å². The van der Waals surface area contributed by atoms with Crippen molar-refractivity contribution in [2.75, 3.05) is 30.3 Å². The van der Waals surface area contributed by atoms with Crippen LogP contribution in [0.3, 0.4) is 0 Å². The number of rotatable bonds is 16. The molecule has 15 heteroatoms. The molecule has 6 rings (SSSR count). The van der Waals surface area contributed by atoms with Crippen molar-refractivity contribution in [3.05, 3.63) is 178 Å². The SMILES string of the molecule is CCOC(=N)c1ccc(C(=O)NCc2cccnc2)c(NCCc2cccc(F)c2)n1.N#Cc1ccc(C(=O)NCc2cccnc2)c(NCCc2cccc(F)c2)n1. The topological polar surface area (TPSA) is 191 Å². The molecule has 4 heterocycles. The molecule has 6 aromatic rings. The van der Waals surface area contributed by atoms with Gasteiger partial charge in [-0.15, -0.1) is 0 Å². The van der Waals surface area contributed by atoms with Crippen LogP contribution >= 0.6 is 0 Å². The van der Waals surface area contributed by atoms with Crippen LogP contribution in [0.1, 0.15) is 61.3 Å². The molecule has 300 valence electrons. The molecule has 2 aromatic carbocycles. The largest absolute Gasteiger partial charge is 0.477 e. The number of carbonyl (C=O) groups excluding carboxylic acids is 2. The maximum absolute atomic E-state index is 13.4. The van der Waals surface area contributed by atoms with E-state index in [2.05, 4.69) is 41.2 Å². The Morgan fingerprint density at radius 1 is 0.695 bits per heavy atom. The summed E-state index contributed by atoms with van der Waals surface area (Å²) in [5.41, 5.74) is 4.60. The van der Waals surface area contributed by atoms with Crippen LogP contribution in [0.4, 0.5) is 20.4 Å². The van der Waals surface area contributed by atoms with Gasteiger partial charge in [0, 0.05) is 51.0 Å². The lowest BCUT2D eigenvalue weighted by atomic mass is 10.1. The number of pyridine rings is 4. The number of benzene rings is 2. The molecule has 0 radical (unpaired) electrons. The number of nitrogens with zero attached hydrogens (tertiary/aromatic N) is 5. The summed E-state index contributed by atoms with van der Waals surface area (Å²) in [6.45, 7) is 3.66. The number of nitrogens with one attached hydrogen (secondary N) is 5. The van der Waals surface area contributed by atoms with Gasteiger partial charge in [0.05, 0.1) is 17.7 Å². The number of halogens is 2. The minimum Gasteiger partial charge on any atom is -0.477 e. The molecule has 13 nitrogen and oxygen atoms in total. The van der Waals surface area contributed by atoms with Gasteiger partial charge in [-0.05, 0) is 103 Å². The lowest BCUT2D eigenvalue weighted by Gasteiger charge is -2.14. The minimum atomic E-state index is -0.311. The van der Waals surface area contributed by atoms with Gasteiger partial charge in [-0.25, -0.2) is 18.7 Å². The predicted octanol–water partition coefficient (Wildman–Crippen LogP) is 6.63. The zero-order valence-corrected chi connectivity index (χ0v) is 32.2. The number of aromatic nitrogens is 4. The van der Waals surface area contributed by atoms with Gasteiger partial charge >= 0.3 is 0 Å². The van der Waals surface area contributed by atoms with Crippen molar-refractivity contribution in [3.63, 3.8) is 0 Å². The van der Waals surface area contributed by atoms with E-state index in [0.29, 0.717) is 74.1 Å². The summed E-state index contributed by atoms with van der Waals surface area (Å²) in [6.07, 6.45) is 7.79. The van der Waals surface area contributed by atoms with E-state index in [4.69, 9.17) is 15.4 Å². The van der Waals surface area contributed by atoms with Crippen molar-refractivity contribution in [2.24, 2.45) is 0 Å². The first-order valence-corrected chi connectivity index (χ1v) is 18.7. The molecule has 0 atom stereocenters. The second-order valence-electron chi connectivity index (χ2n) is 12.8. The van der Waals surface area contributed by atoms with Crippen LogP contribution in [0, 0.1) is 28.4 Å². The standard InChI is InChI=1S/C23H24FN5O2.C21H18FN5O/c1-2-31-21(25)20-9-8-19(23(30)28-15-17-6-4-11-26-14-17)22(29-20)27-12-10-16-5-3-7-18(24)13-16;22-17-5-1-3-15(11-17)8-10-25-20-19(7-6-18(12-23)27-20)21(28)26-14-16-4-2-9-24-13-16/h3-9,11,13-14,25H,2,10,12,15H2,1H3,(H,27,29)(H,28,30);1-7,9,11,13H,8,10,14H2,(H,25,27)(H,26,28). The molecule has 0 fully saturated rings. The number of hydrogen-bond donors (Lipinski definition) is 5. The summed E-state index contributed by atoms with van der Waals surface area (Å²) >= 11 is 0. The molecule has 0 bridgehead atoms. The summed E-state index contributed by atoms with van der Waals surface area (Å²) in [4.78, 5) is 42.0. The molecule has 0 aliphatic carbocycles. The van der Waals surface area contributed by atoms with Gasteiger partial charge in [-0.2, -0.15) is 5.26 Å². The van der Waals surface area contributed by atoms with Gasteiger partial charge in [-0.3, -0.25) is 25.0 Å². The van der Waals surface area contributed by atoms with Crippen LogP contribution in [0.5, 0.6) is 0 Å². The van der Waals surface area contributed by atoms with Crippen LogP contribution in [0.25, 0.3) is 0 Å². The Kier molecular flexibility index (Phi) is 16.0. The smallest absolute Gasteiger partial charge is 0.255 e. The van der Waals surface area contributed by atoms with Gasteiger partial charge in [0.2, 0.25) is 5.90 Å². The second kappa shape index (κ2) is 22.2. The fraction of sp³-hybridized carbons (Fsp3) is 0.182. The molecular weight excluding hydrogens is 755 g/mol. The first kappa shape index (κ1) is 42.5. The van der Waals surface area contributed by atoms with Crippen LogP contribution in [0.2, 0.25) is 0 Å². The van der Waals surface area contributed by atoms with Gasteiger partial charge in [0.1, 0.15) is 40.7 Å². The average molecular weight is 797 g/mol. The van der Waals surface area contributed by atoms with Gasteiger partial charge < -0.3 is 26.0 Å². The van der Waals surface area contributed by atoms with E-state index in [1.807, 2.05) is 30.3 Å². The number of nitriles is 1. The normalized spacial score (nSPS) is 10.3. The zero-order chi connectivity index (χ0) is 41.8. The monoisotopic (exact) mass is 796 g/mol. The van der Waals surface area contributed by atoms with E-state index in [0.717, 1.165) is 22.3 Å². The predicted molar refractivity (Wildman–Crippen MR) is 220 cm³/mol. The number of amides is 2. The molecule has 2 amide bonds. The van der Waals surface area contributed by atoms with E-state index >= 15 is 0 Å². The summed E-state index contributed by atoms with van der Waals surface area (Å²) in [5.74, 6) is -0.622. The van der Waals surface area contributed by atoms with Crippen LogP contribution in [-0.2, 0) is 30.7 Å². The summed E-state index contributed by atoms with van der Waals surface area (Å²) in [7, 11) is 0. The Hall–Kier alpha value is -7.60. The molecule has 5 N–H and O–H groups in total. The van der Waals surface area contributed by atoms with Gasteiger partial charge in [0.25, 0.3) is 11.8 Å². The Bertz CT molecular complexity index is 2380. The van der Waals surface area contributed by atoms with Crippen molar-refractivity contribution in [1.82, 2.24) is 30.6 Å². The van der Waals surface area contributed by atoms with E-state index in [1.165, 1.54) is 30.3 Å². The molecule has 4 aromatic heterocycles. The molecule has 0 spiro atoms. The lowest BCUT2D eigenvalue weighted by molar-refractivity contribution is 0.0943. The molecule has 0 aliphatic rings.